The maximum Gasteiger partial charge on any atom is 0.256 e. The van der Waals surface area contributed by atoms with Gasteiger partial charge in [0.2, 0.25) is 0 Å². The zero-order valence-corrected chi connectivity index (χ0v) is 15.1. The van der Waals surface area contributed by atoms with Crippen LogP contribution >= 0.6 is 0 Å². The Morgan fingerprint density at radius 1 is 1.20 bits per heavy atom. The van der Waals surface area contributed by atoms with Crippen LogP contribution in [0.4, 0.5) is 4.39 Å². The molecule has 1 amide bonds. The monoisotopic (exact) mass is 349 g/mol. The Balaban J connectivity index is 1.65. The number of benzene rings is 1. The highest BCUT2D eigenvalue weighted by molar-refractivity contribution is 5.94. The summed E-state index contributed by atoms with van der Waals surface area (Å²) < 4.78 is 14.1. The predicted octanol–water partition coefficient (Wildman–Crippen LogP) is 1.06. The van der Waals surface area contributed by atoms with Gasteiger partial charge in [-0.25, -0.2) is 4.39 Å². The summed E-state index contributed by atoms with van der Waals surface area (Å²) >= 11 is 0. The molecule has 1 N–H and O–H groups in total. The molecule has 138 valence electrons. The molecular weight excluding hydrogens is 321 g/mol. The topological polar surface area (TPSA) is 47.0 Å². The minimum absolute atomic E-state index is 0.0668. The molecular formula is C19H28FN3O2. The third-order valence-corrected chi connectivity index (χ3v) is 5.54. The molecule has 5 nitrogen and oxygen atoms in total. The van der Waals surface area contributed by atoms with Crippen LogP contribution in [-0.4, -0.2) is 85.2 Å². The smallest absolute Gasteiger partial charge is 0.256 e. The molecule has 1 aromatic carbocycles. The lowest BCUT2D eigenvalue weighted by atomic mass is 9.96. The van der Waals surface area contributed by atoms with Crippen molar-refractivity contribution in [3.63, 3.8) is 0 Å². The summed E-state index contributed by atoms with van der Waals surface area (Å²) in [6, 6.07) is 4.72. The Kier molecular flexibility index (Phi) is 5.71. The number of likely N-dealkylation sites (N-methyl/N-ethyl adjacent to an activating group) is 1. The SMILES string of the molecule is Cc1ccc(C(=O)N2C[C@@H](CN3CCN(C)CC3)[C@@H](CO)C2)c(F)c1. The first-order valence-corrected chi connectivity index (χ1v) is 9.05. The maximum absolute atomic E-state index is 14.1. The normalized spacial score (nSPS) is 25.5. The average molecular weight is 349 g/mol. The molecule has 0 unspecified atom stereocenters. The number of likely N-dealkylation sites (tertiary alicyclic amines) is 1. The second-order valence-corrected chi connectivity index (χ2v) is 7.50. The molecule has 2 aliphatic rings. The van der Waals surface area contributed by atoms with E-state index in [1.807, 2.05) is 0 Å². The van der Waals surface area contributed by atoms with Crippen LogP contribution in [0.3, 0.4) is 0 Å². The van der Waals surface area contributed by atoms with Crippen molar-refractivity contribution in [2.45, 2.75) is 6.92 Å². The van der Waals surface area contributed by atoms with Gasteiger partial charge in [-0.05, 0) is 37.6 Å². The van der Waals surface area contributed by atoms with E-state index in [4.69, 9.17) is 0 Å². The van der Waals surface area contributed by atoms with E-state index in [9.17, 15) is 14.3 Å². The Morgan fingerprint density at radius 2 is 1.88 bits per heavy atom. The van der Waals surface area contributed by atoms with E-state index in [2.05, 4.69) is 16.8 Å². The number of rotatable bonds is 4. The molecule has 2 fully saturated rings. The van der Waals surface area contributed by atoms with Gasteiger partial charge in [-0.15, -0.1) is 0 Å². The fourth-order valence-corrected chi connectivity index (χ4v) is 3.84. The van der Waals surface area contributed by atoms with Gasteiger partial charge >= 0.3 is 0 Å². The van der Waals surface area contributed by atoms with Crippen molar-refractivity contribution >= 4 is 5.91 Å². The van der Waals surface area contributed by atoms with E-state index in [0.717, 1.165) is 38.3 Å². The summed E-state index contributed by atoms with van der Waals surface area (Å²) in [6.07, 6.45) is 0. The fourth-order valence-electron chi connectivity index (χ4n) is 3.84. The number of hydrogen-bond donors (Lipinski definition) is 1. The van der Waals surface area contributed by atoms with Gasteiger partial charge in [0, 0.05) is 58.3 Å². The molecule has 2 atom stereocenters. The van der Waals surface area contributed by atoms with Gasteiger partial charge in [-0.2, -0.15) is 0 Å². The van der Waals surface area contributed by atoms with E-state index >= 15 is 0 Å². The van der Waals surface area contributed by atoms with Crippen LogP contribution in [0.2, 0.25) is 0 Å². The zero-order valence-electron chi connectivity index (χ0n) is 15.1. The third kappa shape index (κ3) is 4.19. The van der Waals surface area contributed by atoms with E-state index in [1.165, 1.54) is 6.07 Å². The predicted molar refractivity (Wildman–Crippen MR) is 95.0 cm³/mol. The van der Waals surface area contributed by atoms with Gasteiger partial charge < -0.3 is 19.8 Å². The number of piperazine rings is 1. The Hall–Kier alpha value is -1.50. The standard InChI is InChI=1S/C19H28FN3O2/c1-14-3-4-17(18(20)9-14)19(25)23-11-15(16(12-23)13-24)10-22-7-5-21(2)6-8-22/h3-4,9,15-16,24H,5-8,10-13H2,1-2H3/t15-,16-/m1/s1. The molecule has 0 radical (unpaired) electrons. The van der Waals surface area contributed by atoms with Gasteiger partial charge in [0.15, 0.2) is 0 Å². The first kappa shape index (κ1) is 18.3. The maximum atomic E-state index is 14.1. The highest BCUT2D eigenvalue weighted by Gasteiger charge is 2.36. The lowest BCUT2D eigenvalue weighted by Gasteiger charge is -2.34. The second-order valence-electron chi connectivity index (χ2n) is 7.50. The van der Waals surface area contributed by atoms with Crippen LogP contribution in [0.1, 0.15) is 15.9 Å². The molecule has 2 saturated heterocycles. The van der Waals surface area contributed by atoms with Crippen LogP contribution in [0.5, 0.6) is 0 Å². The molecule has 1 aromatic rings. The largest absolute Gasteiger partial charge is 0.396 e. The van der Waals surface area contributed by atoms with Gasteiger partial charge in [0.25, 0.3) is 5.91 Å². The number of carbonyl (C=O) groups excluding carboxylic acids is 1. The van der Waals surface area contributed by atoms with Crippen molar-refractivity contribution in [3.05, 3.63) is 35.1 Å². The van der Waals surface area contributed by atoms with Gasteiger partial charge in [0.05, 0.1) is 5.56 Å². The van der Waals surface area contributed by atoms with Gasteiger partial charge in [-0.3, -0.25) is 4.79 Å². The molecule has 0 saturated carbocycles. The molecule has 25 heavy (non-hydrogen) atoms. The number of hydrogen-bond acceptors (Lipinski definition) is 4. The minimum atomic E-state index is -0.465. The summed E-state index contributed by atoms with van der Waals surface area (Å²) in [5.41, 5.74) is 0.930. The van der Waals surface area contributed by atoms with E-state index < -0.39 is 5.82 Å². The molecule has 6 heteroatoms. The molecule has 2 aliphatic heterocycles. The molecule has 0 aliphatic carbocycles. The summed E-state index contributed by atoms with van der Waals surface area (Å²) in [4.78, 5) is 19.1. The average Bonchev–Trinajstić information content (AvgIpc) is 2.99. The van der Waals surface area contributed by atoms with E-state index in [0.29, 0.717) is 13.1 Å². The number of carbonyl (C=O) groups is 1. The van der Waals surface area contributed by atoms with Crippen molar-refractivity contribution in [2.24, 2.45) is 11.8 Å². The summed E-state index contributed by atoms with van der Waals surface area (Å²) in [6.45, 7) is 7.99. The highest BCUT2D eigenvalue weighted by atomic mass is 19.1. The lowest BCUT2D eigenvalue weighted by molar-refractivity contribution is 0.0772. The van der Waals surface area contributed by atoms with Crippen LogP contribution in [0.15, 0.2) is 18.2 Å². The van der Waals surface area contributed by atoms with Crippen molar-refractivity contribution < 1.29 is 14.3 Å². The molecule has 0 spiro atoms. The first-order valence-electron chi connectivity index (χ1n) is 9.05. The van der Waals surface area contributed by atoms with Crippen molar-refractivity contribution in [3.8, 4) is 0 Å². The molecule has 2 heterocycles. The Bertz CT molecular complexity index is 617. The molecule has 3 rings (SSSR count). The van der Waals surface area contributed by atoms with Crippen LogP contribution in [0, 0.1) is 24.6 Å². The van der Waals surface area contributed by atoms with Gasteiger partial charge in [-0.1, -0.05) is 6.07 Å². The number of halogens is 1. The quantitative estimate of drug-likeness (QED) is 0.883. The minimum Gasteiger partial charge on any atom is -0.396 e. The highest BCUT2D eigenvalue weighted by Crippen LogP contribution is 2.26. The summed E-state index contributed by atoms with van der Waals surface area (Å²) in [5.74, 6) is -0.423. The summed E-state index contributed by atoms with van der Waals surface area (Å²) in [7, 11) is 2.12. The Morgan fingerprint density at radius 3 is 2.52 bits per heavy atom. The van der Waals surface area contributed by atoms with E-state index in [-0.39, 0.29) is 29.9 Å². The van der Waals surface area contributed by atoms with Crippen LogP contribution < -0.4 is 0 Å². The van der Waals surface area contributed by atoms with Gasteiger partial charge in [0.1, 0.15) is 5.82 Å². The Labute approximate surface area is 149 Å². The lowest BCUT2D eigenvalue weighted by Crippen LogP contribution is -2.47. The van der Waals surface area contributed by atoms with E-state index in [1.54, 1.807) is 24.0 Å². The van der Waals surface area contributed by atoms with Crippen molar-refractivity contribution in [1.29, 1.82) is 0 Å². The van der Waals surface area contributed by atoms with Crippen LogP contribution in [0.25, 0.3) is 0 Å². The first-order chi connectivity index (χ1) is 12.0. The summed E-state index contributed by atoms with van der Waals surface area (Å²) in [5, 5.41) is 9.73. The molecule has 0 bridgehead atoms. The van der Waals surface area contributed by atoms with Crippen LogP contribution in [-0.2, 0) is 0 Å². The molecule has 0 aromatic heterocycles. The number of aliphatic hydroxyl groups is 1. The fraction of sp³-hybridized carbons (Fsp3) is 0.632. The number of aliphatic hydroxyl groups excluding tert-OH is 1. The zero-order chi connectivity index (χ0) is 18.0. The third-order valence-electron chi connectivity index (χ3n) is 5.54. The number of nitrogens with zero attached hydrogens (tertiary/aromatic N) is 3. The second kappa shape index (κ2) is 7.81. The number of amides is 1. The number of aryl methyl sites for hydroxylation is 1. The van der Waals surface area contributed by atoms with Crippen molar-refractivity contribution in [2.75, 3.05) is 59.5 Å². The van der Waals surface area contributed by atoms with Crippen molar-refractivity contribution in [1.82, 2.24) is 14.7 Å².